The number of hydrogen-bond donors (Lipinski definition) is 2. The van der Waals surface area contributed by atoms with Gasteiger partial charge >= 0.3 is 0 Å². The fourth-order valence-electron chi connectivity index (χ4n) is 3.31. The molecule has 0 aromatic heterocycles. The van der Waals surface area contributed by atoms with Gasteiger partial charge in [0.2, 0.25) is 12.3 Å². The summed E-state index contributed by atoms with van der Waals surface area (Å²) in [5, 5.41) is 5.77. The molecule has 2 aromatic rings. The summed E-state index contributed by atoms with van der Waals surface area (Å²) in [6.45, 7) is 2.30. The first kappa shape index (κ1) is 23.9. The maximum Gasteiger partial charge on any atom is 0.242 e. The molecule has 0 fully saturated rings. The highest BCUT2D eigenvalue weighted by molar-refractivity contribution is 5.83. The van der Waals surface area contributed by atoms with Gasteiger partial charge in [0.15, 0.2) is 0 Å². The van der Waals surface area contributed by atoms with Crippen molar-refractivity contribution in [2.45, 2.75) is 38.9 Å². The van der Waals surface area contributed by atoms with Gasteiger partial charge < -0.3 is 25.1 Å². The van der Waals surface area contributed by atoms with Crippen molar-refractivity contribution >= 4 is 24.3 Å². The Bertz CT molecular complexity index is 920. The number of amides is 2. The van der Waals surface area contributed by atoms with Gasteiger partial charge in [-0.2, -0.15) is 0 Å². The van der Waals surface area contributed by atoms with E-state index in [4.69, 9.17) is 4.74 Å². The first-order chi connectivity index (χ1) is 14.9. The molecular weight excluding hydrogens is 401 g/mol. The Morgan fingerprint density at radius 1 is 1.26 bits per heavy atom. The van der Waals surface area contributed by atoms with Crippen molar-refractivity contribution in [3.63, 3.8) is 0 Å². The number of aryl methyl sites for hydroxylation is 1. The quantitative estimate of drug-likeness (QED) is 0.507. The van der Waals surface area contributed by atoms with E-state index < -0.39 is 6.04 Å². The summed E-state index contributed by atoms with van der Waals surface area (Å²) in [5.41, 5.74) is 2.92. The number of likely N-dealkylation sites (N-methyl/N-ethyl adjacent to an activating group) is 1. The third kappa shape index (κ3) is 6.28. The Morgan fingerprint density at radius 2 is 2.03 bits per heavy atom. The molecular formula is C23H28FN3O4. The van der Waals surface area contributed by atoms with E-state index in [-0.39, 0.29) is 37.7 Å². The van der Waals surface area contributed by atoms with Gasteiger partial charge in [-0.3, -0.25) is 9.59 Å². The summed E-state index contributed by atoms with van der Waals surface area (Å²) in [5.74, 6) is -0.281. The highest BCUT2D eigenvalue weighted by Crippen LogP contribution is 2.24. The summed E-state index contributed by atoms with van der Waals surface area (Å²) in [4.78, 5) is 36.3. The predicted octanol–water partition coefficient (Wildman–Crippen LogP) is 2.81. The SMILES string of the molecule is CNC(=O)C(CCC=O)N(C=O)Cc1c(C)cccc1NCc1ccc(OC)cc1F. The van der Waals surface area contributed by atoms with Crippen molar-refractivity contribution in [3.8, 4) is 5.75 Å². The normalized spacial score (nSPS) is 11.4. The van der Waals surface area contributed by atoms with E-state index in [1.807, 2.05) is 25.1 Å². The first-order valence-electron chi connectivity index (χ1n) is 9.96. The van der Waals surface area contributed by atoms with E-state index in [0.717, 1.165) is 23.1 Å². The number of nitrogens with zero attached hydrogens (tertiary/aromatic N) is 1. The lowest BCUT2D eigenvalue weighted by molar-refractivity contribution is -0.133. The number of ether oxygens (including phenoxy) is 1. The zero-order chi connectivity index (χ0) is 22.8. The Morgan fingerprint density at radius 3 is 2.65 bits per heavy atom. The molecule has 0 aliphatic heterocycles. The first-order valence-corrected chi connectivity index (χ1v) is 9.96. The van der Waals surface area contributed by atoms with Gasteiger partial charge in [0.05, 0.1) is 7.11 Å². The van der Waals surface area contributed by atoms with Gasteiger partial charge in [0.1, 0.15) is 23.9 Å². The van der Waals surface area contributed by atoms with Crippen LogP contribution in [-0.2, 0) is 27.5 Å². The largest absolute Gasteiger partial charge is 0.497 e. The number of aldehydes is 1. The van der Waals surface area contributed by atoms with Crippen LogP contribution in [0.4, 0.5) is 10.1 Å². The molecule has 0 aliphatic carbocycles. The van der Waals surface area contributed by atoms with Crippen molar-refractivity contribution in [1.29, 1.82) is 0 Å². The lowest BCUT2D eigenvalue weighted by Gasteiger charge is -2.28. The van der Waals surface area contributed by atoms with Crippen LogP contribution >= 0.6 is 0 Å². The standard InChI is InChI=1S/C23H28FN3O4/c1-16-6-4-7-21(26-13-17-9-10-18(31-3)12-20(17)24)19(16)14-27(15-29)22(8-5-11-28)23(30)25-2/h4,6-7,9-12,15,22,26H,5,8,13-14H2,1-3H3,(H,25,30). The zero-order valence-corrected chi connectivity index (χ0v) is 18.0. The Balaban J connectivity index is 2.25. The fourth-order valence-corrected chi connectivity index (χ4v) is 3.31. The molecule has 7 nitrogen and oxygen atoms in total. The molecule has 31 heavy (non-hydrogen) atoms. The topological polar surface area (TPSA) is 87.7 Å². The molecule has 0 heterocycles. The zero-order valence-electron chi connectivity index (χ0n) is 18.0. The lowest BCUT2D eigenvalue weighted by Crippen LogP contribution is -2.45. The summed E-state index contributed by atoms with van der Waals surface area (Å²) in [6, 6.07) is 9.49. The molecule has 0 saturated carbocycles. The van der Waals surface area contributed by atoms with Crippen molar-refractivity contribution in [2.24, 2.45) is 0 Å². The van der Waals surface area contributed by atoms with Crippen LogP contribution in [0.3, 0.4) is 0 Å². The van der Waals surface area contributed by atoms with Gasteiger partial charge in [-0.15, -0.1) is 0 Å². The van der Waals surface area contributed by atoms with E-state index in [9.17, 15) is 18.8 Å². The van der Waals surface area contributed by atoms with Crippen LogP contribution in [0.5, 0.6) is 5.75 Å². The molecule has 2 aromatic carbocycles. The number of rotatable bonds is 12. The number of benzene rings is 2. The molecule has 1 atom stereocenters. The highest BCUT2D eigenvalue weighted by atomic mass is 19.1. The maximum atomic E-state index is 14.3. The summed E-state index contributed by atoms with van der Waals surface area (Å²) in [6.07, 6.45) is 1.73. The number of carbonyl (C=O) groups excluding carboxylic acids is 3. The molecule has 2 amide bonds. The third-order valence-corrected chi connectivity index (χ3v) is 5.12. The molecule has 2 N–H and O–H groups in total. The molecule has 0 aliphatic rings. The Labute approximate surface area is 181 Å². The second-order valence-electron chi connectivity index (χ2n) is 7.06. The van der Waals surface area contributed by atoms with E-state index >= 15 is 0 Å². The molecule has 8 heteroatoms. The number of hydrogen-bond acceptors (Lipinski definition) is 5. The lowest BCUT2D eigenvalue weighted by atomic mass is 10.0. The van der Waals surface area contributed by atoms with Crippen molar-refractivity contribution in [2.75, 3.05) is 19.5 Å². The van der Waals surface area contributed by atoms with Crippen LogP contribution < -0.4 is 15.4 Å². The maximum absolute atomic E-state index is 14.3. The number of anilines is 1. The average Bonchev–Trinajstić information content (AvgIpc) is 2.78. The minimum Gasteiger partial charge on any atom is -0.497 e. The third-order valence-electron chi connectivity index (χ3n) is 5.12. The molecule has 0 saturated heterocycles. The van der Waals surface area contributed by atoms with E-state index in [1.54, 1.807) is 12.1 Å². The van der Waals surface area contributed by atoms with E-state index in [0.29, 0.717) is 17.7 Å². The van der Waals surface area contributed by atoms with Crippen molar-refractivity contribution in [3.05, 3.63) is 58.9 Å². The number of methoxy groups -OCH3 is 1. The average molecular weight is 429 g/mol. The fraction of sp³-hybridized carbons (Fsp3) is 0.348. The van der Waals surface area contributed by atoms with Gasteiger partial charge in [-0.05, 0) is 36.6 Å². The second kappa shape index (κ2) is 11.7. The minimum atomic E-state index is -0.765. The van der Waals surface area contributed by atoms with Crippen LogP contribution in [0.2, 0.25) is 0 Å². The van der Waals surface area contributed by atoms with Gasteiger partial charge in [0.25, 0.3) is 0 Å². The number of carbonyl (C=O) groups is 3. The smallest absolute Gasteiger partial charge is 0.242 e. The van der Waals surface area contributed by atoms with Gasteiger partial charge in [0, 0.05) is 43.9 Å². The summed E-state index contributed by atoms with van der Waals surface area (Å²) in [7, 11) is 2.97. The van der Waals surface area contributed by atoms with Gasteiger partial charge in [-0.1, -0.05) is 18.2 Å². The molecule has 166 valence electrons. The highest BCUT2D eigenvalue weighted by Gasteiger charge is 2.25. The van der Waals surface area contributed by atoms with Crippen molar-refractivity contribution < 1.29 is 23.5 Å². The monoisotopic (exact) mass is 429 g/mol. The molecule has 0 bridgehead atoms. The Kier molecular flexibility index (Phi) is 8.99. The summed E-state index contributed by atoms with van der Waals surface area (Å²) < 4.78 is 19.3. The van der Waals surface area contributed by atoms with Crippen LogP contribution in [0.25, 0.3) is 0 Å². The predicted molar refractivity (Wildman–Crippen MR) is 116 cm³/mol. The minimum absolute atomic E-state index is 0.165. The van der Waals surface area contributed by atoms with E-state index in [2.05, 4.69) is 10.6 Å². The van der Waals surface area contributed by atoms with Crippen LogP contribution in [0, 0.1) is 12.7 Å². The summed E-state index contributed by atoms with van der Waals surface area (Å²) >= 11 is 0. The molecule has 0 radical (unpaired) electrons. The Hall–Kier alpha value is -3.42. The van der Waals surface area contributed by atoms with Crippen LogP contribution in [0.1, 0.15) is 29.5 Å². The van der Waals surface area contributed by atoms with Crippen LogP contribution in [0.15, 0.2) is 36.4 Å². The molecule has 0 spiro atoms. The van der Waals surface area contributed by atoms with Crippen LogP contribution in [-0.4, -0.2) is 43.7 Å². The van der Waals surface area contributed by atoms with Crippen molar-refractivity contribution in [1.82, 2.24) is 10.2 Å². The molecule has 2 rings (SSSR count). The number of halogens is 1. The second-order valence-corrected chi connectivity index (χ2v) is 7.06. The number of nitrogens with one attached hydrogen (secondary N) is 2. The van der Waals surface area contributed by atoms with Gasteiger partial charge in [-0.25, -0.2) is 4.39 Å². The van der Waals surface area contributed by atoms with E-state index in [1.165, 1.54) is 25.1 Å². The molecule has 1 unspecified atom stereocenters.